The summed E-state index contributed by atoms with van der Waals surface area (Å²) in [7, 11) is 2.39. The summed E-state index contributed by atoms with van der Waals surface area (Å²) in [6.45, 7) is 9.36. The molecule has 12 heteroatoms. The summed E-state index contributed by atoms with van der Waals surface area (Å²) >= 11 is 0. The Morgan fingerprint density at radius 2 is 1.25 bits per heavy atom. The molecule has 0 radical (unpaired) electrons. The van der Waals surface area contributed by atoms with Gasteiger partial charge in [0, 0.05) is 0 Å². The maximum atomic E-state index is 12.4. The van der Waals surface area contributed by atoms with E-state index in [-0.39, 0.29) is 38.1 Å². The summed E-state index contributed by atoms with van der Waals surface area (Å²) in [4.78, 5) is 51.3. The van der Waals surface area contributed by atoms with Crippen LogP contribution < -0.4 is 0 Å². The molecule has 32 heavy (non-hydrogen) atoms. The number of ether oxygens (including phenoxy) is 2. The minimum atomic E-state index is -0.943. The normalized spacial score (nSPS) is 26.5. The minimum absolute atomic E-state index is 0.0183. The standard InChI is InChI=1S/C20H28N2O8S2/c1-5-7-29-13(25)9-21-17(27)15(11(3)23)19(21)31-32-20-16(12(4)24)18(28)22(20)10-14(26)30-8-6-2/h5-6,11-12,15-16,19-20,23-24H,1-2,7-10H2,3-4H3. The molecule has 10 nitrogen and oxygen atoms in total. The number of carbonyl (C=O) groups excluding carboxylic acids is 4. The second-order valence-corrected chi connectivity index (χ2v) is 9.89. The van der Waals surface area contributed by atoms with Crippen molar-refractivity contribution in [3.8, 4) is 0 Å². The molecule has 2 aliphatic rings. The predicted molar refractivity (Wildman–Crippen MR) is 119 cm³/mol. The monoisotopic (exact) mass is 488 g/mol. The third-order valence-corrected chi connectivity index (χ3v) is 8.10. The van der Waals surface area contributed by atoms with Crippen molar-refractivity contribution in [2.75, 3.05) is 26.3 Å². The van der Waals surface area contributed by atoms with Crippen LogP contribution in [-0.4, -0.2) is 93.0 Å². The molecule has 0 aliphatic carbocycles. The molecule has 178 valence electrons. The second kappa shape index (κ2) is 11.7. The number of amides is 2. The SMILES string of the molecule is C=CCOC(=O)CN1C(=O)C(C(C)O)C1SSC1C(C(C)O)C(=O)N1CC(=O)OCC=C. The van der Waals surface area contributed by atoms with Crippen molar-refractivity contribution in [2.24, 2.45) is 11.8 Å². The Bertz CT molecular complexity index is 698. The highest BCUT2D eigenvalue weighted by molar-refractivity contribution is 8.77. The highest BCUT2D eigenvalue weighted by atomic mass is 33.1. The molecule has 2 rings (SSSR count). The first-order valence-electron chi connectivity index (χ1n) is 9.96. The number of aliphatic hydroxyl groups excluding tert-OH is 2. The van der Waals surface area contributed by atoms with Gasteiger partial charge in [-0.25, -0.2) is 0 Å². The van der Waals surface area contributed by atoms with Gasteiger partial charge in [-0.2, -0.15) is 0 Å². The first kappa shape index (κ1) is 26.2. The van der Waals surface area contributed by atoms with E-state index in [4.69, 9.17) is 9.47 Å². The maximum absolute atomic E-state index is 12.4. The van der Waals surface area contributed by atoms with Gasteiger partial charge in [-0.1, -0.05) is 46.9 Å². The van der Waals surface area contributed by atoms with E-state index in [1.807, 2.05) is 0 Å². The van der Waals surface area contributed by atoms with Crippen molar-refractivity contribution in [1.29, 1.82) is 0 Å². The molecule has 2 fully saturated rings. The number of rotatable bonds is 13. The summed E-state index contributed by atoms with van der Waals surface area (Å²) in [6.07, 6.45) is 0.937. The van der Waals surface area contributed by atoms with Crippen molar-refractivity contribution in [3.63, 3.8) is 0 Å². The van der Waals surface area contributed by atoms with E-state index in [0.29, 0.717) is 0 Å². The predicted octanol–water partition coefficient (Wildman–Crippen LogP) is 0.157. The van der Waals surface area contributed by atoms with Crippen molar-refractivity contribution in [3.05, 3.63) is 25.3 Å². The number of likely N-dealkylation sites (tertiary alicyclic amines) is 2. The molecule has 6 atom stereocenters. The van der Waals surface area contributed by atoms with Crippen LogP contribution in [0.1, 0.15) is 13.8 Å². The number of nitrogens with zero attached hydrogens (tertiary/aromatic N) is 2. The molecule has 0 aromatic heterocycles. The quantitative estimate of drug-likeness (QED) is 0.160. The molecule has 6 unspecified atom stereocenters. The van der Waals surface area contributed by atoms with Gasteiger partial charge in [0.1, 0.15) is 37.1 Å². The maximum Gasteiger partial charge on any atom is 0.325 e. The largest absolute Gasteiger partial charge is 0.460 e. The highest BCUT2D eigenvalue weighted by Crippen LogP contribution is 2.49. The van der Waals surface area contributed by atoms with E-state index >= 15 is 0 Å². The Labute approximate surface area is 194 Å². The summed E-state index contributed by atoms with van der Waals surface area (Å²) in [5.74, 6) is -3.43. The molecule has 2 N–H and O–H groups in total. The van der Waals surface area contributed by atoms with Gasteiger partial charge >= 0.3 is 11.9 Å². The van der Waals surface area contributed by atoms with Crippen LogP contribution in [0, 0.1) is 11.8 Å². The molecule has 0 spiro atoms. The van der Waals surface area contributed by atoms with Crippen molar-refractivity contribution >= 4 is 45.3 Å². The minimum Gasteiger partial charge on any atom is -0.460 e. The van der Waals surface area contributed by atoms with Crippen LogP contribution >= 0.6 is 21.6 Å². The van der Waals surface area contributed by atoms with E-state index in [2.05, 4.69) is 13.2 Å². The number of esters is 2. The van der Waals surface area contributed by atoms with E-state index < -0.39 is 46.7 Å². The molecule has 0 aromatic carbocycles. The van der Waals surface area contributed by atoms with Crippen LogP contribution in [0.2, 0.25) is 0 Å². The first-order valence-corrected chi connectivity index (χ1v) is 12.2. The number of hydrogen-bond acceptors (Lipinski definition) is 10. The van der Waals surface area contributed by atoms with Crippen LogP contribution in [0.3, 0.4) is 0 Å². The lowest BCUT2D eigenvalue weighted by Gasteiger charge is -2.50. The molecular formula is C20H28N2O8S2. The molecule has 2 aliphatic heterocycles. The van der Waals surface area contributed by atoms with Gasteiger partial charge in [0.2, 0.25) is 11.8 Å². The topological polar surface area (TPSA) is 134 Å². The van der Waals surface area contributed by atoms with Crippen molar-refractivity contribution < 1.29 is 38.9 Å². The zero-order valence-corrected chi connectivity index (χ0v) is 19.5. The fourth-order valence-corrected chi connectivity index (χ4v) is 7.08. The van der Waals surface area contributed by atoms with Crippen LogP contribution in [0.4, 0.5) is 0 Å². The summed E-state index contributed by atoms with van der Waals surface area (Å²) in [5.41, 5.74) is 0. The van der Waals surface area contributed by atoms with E-state index in [9.17, 15) is 29.4 Å². The van der Waals surface area contributed by atoms with Gasteiger partial charge in [0.15, 0.2) is 0 Å². The lowest BCUT2D eigenvalue weighted by Crippen LogP contribution is -2.65. The second-order valence-electron chi connectivity index (χ2n) is 7.38. The van der Waals surface area contributed by atoms with Crippen LogP contribution in [0.25, 0.3) is 0 Å². The van der Waals surface area contributed by atoms with E-state index in [1.54, 1.807) is 0 Å². The van der Waals surface area contributed by atoms with Crippen LogP contribution in [-0.2, 0) is 28.7 Å². The number of aliphatic hydroxyl groups is 2. The molecular weight excluding hydrogens is 460 g/mol. The fraction of sp³-hybridized carbons (Fsp3) is 0.600. The van der Waals surface area contributed by atoms with Gasteiger partial charge in [-0.3, -0.25) is 19.2 Å². The molecule has 2 saturated heterocycles. The van der Waals surface area contributed by atoms with E-state index in [1.165, 1.54) is 57.4 Å². The lowest BCUT2D eigenvalue weighted by molar-refractivity contribution is -0.164. The highest BCUT2D eigenvalue weighted by Gasteiger charge is 2.55. The number of β-lactam (4-membered cyclic amide) rings is 2. The van der Waals surface area contributed by atoms with E-state index in [0.717, 1.165) is 0 Å². The summed E-state index contributed by atoms with van der Waals surface area (Å²) in [5, 5.41) is 18.9. The summed E-state index contributed by atoms with van der Waals surface area (Å²) < 4.78 is 9.86. The fourth-order valence-electron chi connectivity index (χ4n) is 3.34. The average Bonchev–Trinajstić information content (AvgIpc) is 2.73. The Balaban J connectivity index is 2.05. The van der Waals surface area contributed by atoms with Gasteiger partial charge in [-0.15, -0.1) is 0 Å². The van der Waals surface area contributed by atoms with Gasteiger partial charge < -0.3 is 29.5 Å². The number of hydrogen-bond donors (Lipinski definition) is 2. The average molecular weight is 489 g/mol. The molecule has 0 saturated carbocycles. The van der Waals surface area contributed by atoms with Crippen molar-refractivity contribution in [1.82, 2.24) is 9.80 Å². The zero-order valence-electron chi connectivity index (χ0n) is 17.9. The zero-order chi connectivity index (χ0) is 24.0. The molecule has 0 bridgehead atoms. The third kappa shape index (κ3) is 5.85. The Hall–Kier alpha value is -2.02. The Morgan fingerprint density at radius 3 is 1.53 bits per heavy atom. The molecule has 2 heterocycles. The van der Waals surface area contributed by atoms with Gasteiger partial charge in [0.25, 0.3) is 0 Å². The summed E-state index contributed by atoms with van der Waals surface area (Å²) in [6, 6.07) is 0. The number of carbonyl (C=O) groups is 4. The van der Waals surface area contributed by atoms with Crippen molar-refractivity contribution in [2.45, 2.75) is 36.8 Å². The Kier molecular flexibility index (Phi) is 9.62. The first-order chi connectivity index (χ1) is 15.1. The van der Waals surface area contributed by atoms with Gasteiger partial charge in [0.05, 0.1) is 24.0 Å². The lowest BCUT2D eigenvalue weighted by atomic mass is 9.93. The van der Waals surface area contributed by atoms with Crippen LogP contribution in [0.5, 0.6) is 0 Å². The van der Waals surface area contributed by atoms with Crippen LogP contribution in [0.15, 0.2) is 25.3 Å². The van der Waals surface area contributed by atoms with Gasteiger partial charge in [-0.05, 0) is 13.8 Å². The Morgan fingerprint density at radius 1 is 0.906 bits per heavy atom. The molecule has 0 aromatic rings. The smallest absolute Gasteiger partial charge is 0.325 e. The third-order valence-electron chi connectivity index (χ3n) is 4.98. The molecule has 2 amide bonds.